The fraction of sp³-hybridized carbons (Fsp3) is 0.235. The van der Waals surface area contributed by atoms with E-state index in [2.05, 4.69) is 10.1 Å². The minimum absolute atomic E-state index is 0.156. The molecule has 2 aromatic carbocycles. The van der Waals surface area contributed by atoms with Gasteiger partial charge in [0.05, 0.1) is 12.7 Å². The van der Waals surface area contributed by atoms with Crippen LogP contribution in [0.4, 0.5) is 8.78 Å². The first-order chi connectivity index (χ1) is 10.5. The molecule has 1 atom stereocenters. The number of ether oxygens (including phenoxy) is 1. The molecule has 0 fully saturated rings. The molecule has 1 N–H and O–H groups in total. The fourth-order valence-electron chi connectivity index (χ4n) is 2.10. The zero-order valence-electron chi connectivity index (χ0n) is 12.4. The molecular formula is C17H17F2NO2. The summed E-state index contributed by atoms with van der Waals surface area (Å²) in [5, 5.41) is 3.20. The van der Waals surface area contributed by atoms with E-state index < -0.39 is 17.6 Å². The highest BCUT2D eigenvalue weighted by Gasteiger charge is 2.10. The number of rotatable bonds is 5. The summed E-state index contributed by atoms with van der Waals surface area (Å²) < 4.78 is 30.8. The smallest absolute Gasteiger partial charge is 0.337 e. The molecule has 1 unspecified atom stereocenters. The van der Waals surface area contributed by atoms with Crippen molar-refractivity contribution in [1.29, 1.82) is 0 Å². The Morgan fingerprint density at radius 3 is 2.64 bits per heavy atom. The number of carbonyl (C=O) groups is 1. The molecule has 116 valence electrons. The van der Waals surface area contributed by atoms with Crippen LogP contribution >= 0.6 is 0 Å². The van der Waals surface area contributed by atoms with Gasteiger partial charge in [-0.15, -0.1) is 0 Å². The maximum absolute atomic E-state index is 13.2. The number of hydrogen-bond acceptors (Lipinski definition) is 3. The van der Waals surface area contributed by atoms with Crippen LogP contribution in [0.2, 0.25) is 0 Å². The lowest BCUT2D eigenvalue weighted by molar-refractivity contribution is 0.0600. The van der Waals surface area contributed by atoms with Crippen molar-refractivity contribution in [3.63, 3.8) is 0 Å². The van der Waals surface area contributed by atoms with E-state index in [-0.39, 0.29) is 6.04 Å². The van der Waals surface area contributed by atoms with Crippen molar-refractivity contribution in [3.05, 3.63) is 70.8 Å². The molecular weight excluding hydrogens is 288 g/mol. The van der Waals surface area contributed by atoms with Crippen molar-refractivity contribution in [2.75, 3.05) is 7.11 Å². The van der Waals surface area contributed by atoms with Crippen LogP contribution in [0.3, 0.4) is 0 Å². The van der Waals surface area contributed by atoms with E-state index in [1.165, 1.54) is 13.2 Å². The summed E-state index contributed by atoms with van der Waals surface area (Å²) in [5.74, 6) is -2.11. The SMILES string of the molecule is COC(=O)c1cccc(CNC(C)c2ccc(F)c(F)c2)c1. The minimum Gasteiger partial charge on any atom is -0.465 e. The lowest BCUT2D eigenvalue weighted by Crippen LogP contribution is -2.18. The van der Waals surface area contributed by atoms with Crippen molar-refractivity contribution in [2.24, 2.45) is 0 Å². The largest absolute Gasteiger partial charge is 0.465 e. The maximum atomic E-state index is 13.2. The number of carbonyl (C=O) groups excluding carboxylic acids is 1. The van der Waals surface area contributed by atoms with E-state index in [1.54, 1.807) is 24.3 Å². The average molecular weight is 305 g/mol. The predicted molar refractivity (Wildman–Crippen MR) is 79.4 cm³/mol. The molecule has 0 aliphatic heterocycles. The van der Waals surface area contributed by atoms with Gasteiger partial charge < -0.3 is 10.1 Å². The van der Waals surface area contributed by atoms with Crippen LogP contribution in [-0.2, 0) is 11.3 Å². The van der Waals surface area contributed by atoms with Crippen molar-refractivity contribution in [3.8, 4) is 0 Å². The maximum Gasteiger partial charge on any atom is 0.337 e. The quantitative estimate of drug-likeness (QED) is 0.858. The summed E-state index contributed by atoms with van der Waals surface area (Å²) in [6.07, 6.45) is 0. The van der Waals surface area contributed by atoms with Crippen molar-refractivity contribution in [1.82, 2.24) is 5.32 Å². The molecule has 0 saturated heterocycles. The number of halogens is 2. The van der Waals surface area contributed by atoms with Crippen LogP contribution in [0.5, 0.6) is 0 Å². The highest BCUT2D eigenvalue weighted by Crippen LogP contribution is 2.17. The van der Waals surface area contributed by atoms with E-state index in [0.717, 1.165) is 11.6 Å². The van der Waals surface area contributed by atoms with Crippen LogP contribution in [-0.4, -0.2) is 13.1 Å². The van der Waals surface area contributed by atoms with Gasteiger partial charge in [-0.25, -0.2) is 13.6 Å². The minimum atomic E-state index is -0.862. The van der Waals surface area contributed by atoms with E-state index in [4.69, 9.17) is 0 Å². The third-order valence-electron chi connectivity index (χ3n) is 3.40. The van der Waals surface area contributed by atoms with Crippen molar-refractivity contribution >= 4 is 5.97 Å². The van der Waals surface area contributed by atoms with Gasteiger partial charge in [0.2, 0.25) is 0 Å². The number of methoxy groups -OCH3 is 1. The summed E-state index contributed by atoms with van der Waals surface area (Å²) in [6.45, 7) is 2.35. The molecule has 0 saturated carbocycles. The second-order valence-corrected chi connectivity index (χ2v) is 4.97. The number of nitrogens with one attached hydrogen (secondary N) is 1. The van der Waals surface area contributed by atoms with Gasteiger partial charge in [-0.05, 0) is 42.3 Å². The van der Waals surface area contributed by atoms with Crippen molar-refractivity contribution < 1.29 is 18.3 Å². The summed E-state index contributed by atoms with van der Waals surface area (Å²) in [7, 11) is 1.33. The van der Waals surface area contributed by atoms with Crippen LogP contribution in [0.1, 0.15) is 34.5 Å². The van der Waals surface area contributed by atoms with Gasteiger partial charge in [-0.2, -0.15) is 0 Å². The lowest BCUT2D eigenvalue weighted by Gasteiger charge is -2.15. The molecule has 0 spiro atoms. The Balaban J connectivity index is 2.03. The predicted octanol–water partition coefficient (Wildman–Crippen LogP) is 3.60. The normalized spacial score (nSPS) is 12.0. The fourth-order valence-corrected chi connectivity index (χ4v) is 2.10. The Kier molecular flexibility index (Phi) is 5.22. The van der Waals surface area contributed by atoms with E-state index in [1.807, 2.05) is 13.0 Å². The van der Waals surface area contributed by atoms with Gasteiger partial charge >= 0.3 is 5.97 Å². The van der Waals surface area contributed by atoms with Crippen LogP contribution in [0.15, 0.2) is 42.5 Å². The van der Waals surface area contributed by atoms with Crippen LogP contribution in [0, 0.1) is 11.6 Å². The molecule has 0 aliphatic rings. The van der Waals surface area contributed by atoms with E-state index in [0.29, 0.717) is 17.7 Å². The molecule has 0 aromatic heterocycles. The lowest BCUT2D eigenvalue weighted by atomic mass is 10.1. The first kappa shape index (κ1) is 16.1. The molecule has 0 amide bonds. The van der Waals surface area contributed by atoms with Gasteiger partial charge in [0.1, 0.15) is 0 Å². The van der Waals surface area contributed by atoms with Gasteiger partial charge in [-0.3, -0.25) is 0 Å². The molecule has 22 heavy (non-hydrogen) atoms. The van der Waals surface area contributed by atoms with Gasteiger partial charge in [0.15, 0.2) is 11.6 Å². The summed E-state index contributed by atoms with van der Waals surface area (Å²) in [4.78, 5) is 11.5. The van der Waals surface area contributed by atoms with Gasteiger partial charge in [0.25, 0.3) is 0 Å². The molecule has 2 rings (SSSR count). The Morgan fingerprint density at radius 2 is 1.95 bits per heavy atom. The molecule has 2 aromatic rings. The molecule has 5 heteroatoms. The van der Waals surface area contributed by atoms with Gasteiger partial charge in [0, 0.05) is 12.6 Å². The first-order valence-electron chi connectivity index (χ1n) is 6.87. The molecule has 3 nitrogen and oxygen atoms in total. The van der Waals surface area contributed by atoms with Gasteiger partial charge in [-0.1, -0.05) is 18.2 Å². The van der Waals surface area contributed by atoms with Crippen LogP contribution in [0.25, 0.3) is 0 Å². The third-order valence-corrected chi connectivity index (χ3v) is 3.40. The second-order valence-electron chi connectivity index (χ2n) is 4.97. The second kappa shape index (κ2) is 7.13. The van der Waals surface area contributed by atoms with Crippen molar-refractivity contribution in [2.45, 2.75) is 19.5 Å². The summed E-state index contributed by atoms with van der Waals surface area (Å²) in [6, 6.07) is 10.7. The van der Waals surface area contributed by atoms with Crippen LogP contribution < -0.4 is 5.32 Å². The molecule has 0 bridgehead atoms. The third kappa shape index (κ3) is 3.89. The zero-order valence-corrected chi connectivity index (χ0v) is 12.4. The number of benzene rings is 2. The number of hydrogen-bond donors (Lipinski definition) is 1. The topological polar surface area (TPSA) is 38.3 Å². The molecule has 0 heterocycles. The van der Waals surface area contributed by atoms with E-state index >= 15 is 0 Å². The summed E-state index contributed by atoms with van der Waals surface area (Å²) >= 11 is 0. The monoisotopic (exact) mass is 305 g/mol. The van der Waals surface area contributed by atoms with E-state index in [9.17, 15) is 13.6 Å². The molecule has 0 aliphatic carbocycles. The average Bonchev–Trinajstić information content (AvgIpc) is 2.54. The standard InChI is InChI=1S/C17H17F2NO2/c1-11(13-6-7-15(18)16(19)9-13)20-10-12-4-3-5-14(8-12)17(21)22-2/h3-9,11,20H,10H2,1-2H3. The Hall–Kier alpha value is -2.27. The highest BCUT2D eigenvalue weighted by molar-refractivity contribution is 5.89. The summed E-state index contributed by atoms with van der Waals surface area (Å²) in [5.41, 5.74) is 2.03. The Bertz CT molecular complexity index is 673. The Morgan fingerprint density at radius 1 is 1.18 bits per heavy atom. The number of esters is 1. The molecule has 0 radical (unpaired) electrons. The zero-order chi connectivity index (χ0) is 16.1. The first-order valence-corrected chi connectivity index (χ1v) is 6.87. The Labute approximate surface area is 127 Å². The highest BCUT2D eigenvalue weighted by atomic mass is 19.2.